The number of nitrogens with zero attached hydrogens (tertiary/aromatic N) is 5. The van der Waals surface area contributed by atoms with Crippen LogP contribution in [0.1, 0.15) is 141 Å². The third kappa shape index (κ3) is 56.4. The van der Waals surface area contributed by atoms with E-state index in [1.54, 1.807) is 83.1 Å². The highest BCUT2D eigenvalue weighted by atomic mass is 16.6. The molecule has 34 nitrogen and oxygen atoms in total. The van der Waals surface area contributed by atoms with E-state index in [-0.39, 0.29) is 251 Å². The second-order valence-corrected chi connectivity index (χ2v) is 26.1. The number of alkyl carbamates (subject to hydrolysis) is 4. The van der Waals surface area contributed by atoms with Gasteiger partial charge in [-0.2, -0.15) is 15.0 Å². The summed E-state index contributed by atoms with van der Waals surface area (Å²) in [5.41, 5.74) is -2.55. The number of nitrogens with one attached hydrogen (secondary N) is 7. The van der Waals surface area contributed by atoms with Crippen LogP contribution >= 0.6 is 0 Å². The van der Waals surface area contributed by atoms with E-state index in [4.69, 9.17) is 76.5 Å². The van der Waals surface area contributed by atoms with Gasteiger partial charge in [0, 0.05) is 111 Å². The van der Waals surface area contributed by atoms with Crippen LogP contribution in [0.15, 0.2) is 0 Å². The van der Waals surface area contributed by atoms with Gasteiger partial charge in [0.2, 0.25) is 29.7 Å². The third-order valence-corrected chi connectivity index (χ3v) is 12.4. The van der Waals surface area contributed by atoms with E-state index in [2.05, 4.69) is 37.2 Å². The number of amides is 6. The van der Waals surface area contributed by atoms with Crippen molar-refractivity contribution in [2.45, 2.75) is 163 Å². The van der Waals surface area contributed by atoms with Crippen LogP contribution in [0, 0.1) is 0 Å². The number of Topliss-reactive ketones (excluding diaryl/α,β-unsaturated/α-hetero) is 2. The zero-order chi connectivity index (χ0) is 73.8. The van der Waals surface area contributed by atoms with Crippen LogP contribution in [0.2, 0.25) is 0 Å². The van der Waals surface area contributed by atoms with Crippen LogP contribution < -0.4 is 47.0 Å². The fourth-order valence-electron chi connectivity index (χ4n) is 7.77. The number of ether oxygens (including phenoxy) is 13. The zero-order valence-corrected chi connectivity index (χ0v) is 61.2. The van der Waals surface area contributed by atoms with Gasteiger partial charge in [-0.3, -0.25) is 24.0 Å². The van der Waals surface area contributed by atoms with Crippen molar-refractivity contribution in [2.24, 2.45) is 0 Å². The molecule has 0 radical (unpaired) electrons. The molecule has 1 aromatic rings. The molecule has 0 aromatic carbocycles. The Labute approximate surface area is 584 Å². The van der Waals surface area contributed by atoms with Gasteiger partial charge in [-0.15, -0.1) is 0 Å². The van der Waals surface area contributed by atoms with Gasteiger partial charge in [-0.25, -0.2) is 19.2 Å². The lowest BCUT2D eigenvalue weighted by molar-refractivity contribution is -0.140. The van der Waals surface area contributed by atoms with Crippen LogP contribution in [0.25, 0.3) is 0 Å². The molecule has 1 heterocycles. The lowest BCUT2D eigenvalue weighted by Gasteiger charge is -2.27. The van der Waals surface area contributed by atoms with Crippen molar-refractivity contribution < 1.29 is 105 Å². The standard InChI is InChI=1S/C65H118N12O22/c1-62(2,3)96-58(83)69-23-14-16-50(78)19-34-88-42-46-92-38-30-76(32-40-94-48-44-90-36-21-52(80)66-26-28-71-60(85)98-64(7,8)9)56-73-55(68-25-18-54(82)87-13)74-57(75-56)77(31-39-93-47-43-89-35-20-51(79)17-15-24-70-59(84)97-63(4,5)6)33-41-95-49-45-91-37-22-53(81)67-27-29-72-61(86)99-65(10,11)12/h14-49H2,1-13H3,(H,66,80)(H,67,81)(H,69,83)(H,70,84)(H,71,85)(H,72,86)(H,68,73,74,75). The number of carbonyl (C=O) groups is 9. The molecule has 1 rings (SSSR count). The molecule has 0 aliphatic rings. The van der Waals surface area contributed by atoms with Crippen LogP contribution in [0.3, 0.4) is 0 Å². The number of ketones is 2. The Bertz CT molecular complexity index is 2180. The molecule has 0 saturated heterocycles. The average molecular weight is 1420 g/mol. The molecule has 0 atom stereocenters. The number of esters is 1. The Morgan fingerprint density at radius 3 is 0.909 bits per heavy atom. The molecular weight excluding hydrogens is 1300 g/mol. The minimum Gasteiger partial charge on any atom is -0.469 e. The van der Waals surface area contributed by atoms with Crippen LogP contribution in [-0.2, 0) is 85.6 Å². The molecule has 99 heavy (non-hydrogen) atoms. The van der Waals surface area contributed by atoms with Gasteiger partial charge in [0.25, 0.3) is 0 Å². The molecule has 0 spiro atoms. The van der Waals surface area contributed by atoms with E-state index < -0.39 is 52.7 Å². The van der Waals surface area contributed by atoms with Crippen LogP contribution in [-0.4, -0.2) is 276 Å². The minimum absolute atomic E-state index is 0.00307. The van der Waals surface area contributed by atoms with Gasteiger partial charge in [-0.1, -0.05) is 0 Å². The van der Waals surface area contributed by atoms with Gasteiger partial charge in [-0.05, 0) is 95.9 Å². The molecule has 570 valence electrons. The van der Waals surface area contributed by atoms with Crippen molar-refractivity contribution in [2.75, 3.05) is 200 Å². The first-order chi connectivity index (χ1) is 46.8. The summed E-state index contributed by atoms with van der Waals surface area (Å²) in [5, 5.41) is 19.0. The quantitative estimate of drug-likeness (QED) is 0.0273. The summed E-state index contributed by atoms with van der Waals surface area (Å²) in [6, 6.07) is 0. The number of methoxy groups -OCH3 is 1. The van der Waals surface area contributed by atoms with E-state index in [1.165, 1.54) is 7.11 Å². The summed E-state index contributed by atoms with van der Waals surface area (Å²) in [6.45, 7) is 26.5. The molecule has 0 aliphatic heterocycles. The highest BCUT2D eigenvalue weighted by molar-refractivity contribution is 5.79. The number of hydrogen-bond acceptors (Lipinski definition) is 28. The maximum atomic E-state index is 12.5. The number of anilines is 3. The fraction of sp³-hybridized carbons (Fsp3) is 0.815. The Kier molecular flexibility index (Phi) is 48.0. The molecule has 1 aromatic heterocycles. The maximum Gasteiger partial charge on any atom is 0.407 e. The highest BCUT2D eigenvalue weighted by Gasteiger charge is 2.22. The fourth-order valence-corrected chi connectivity index (χ4v) is 7.77. The van der Waals surface area contributed by atoms with E-state index in [1.807, 2.05) is 9.80 Å². The van der Waals surface area contributed by atoms with Crippen molar-refractivity contribution in [1.82, 2.24) is 46.9 Å². The van der Waals surface area contributed by atoms with Crippen molar-refractivity contribution in [3.8, 4) is 0 Å². The number of rotatable bonds is 56. The van der Waals surface area contributed by atoms with Gasteiger partial charge >= 0.3 is 30.3 Å². The molecule has 0 saturated carbocycles. The minimum atomic E-state index is -0.646. The molecule has 0 aliphatic carbocycles. The molecule has 0 unspecified atom stereocenters. The average Bonchev–Trinajstić information content (AvgIpc) is 0.833. The molecular formula is C65H118N12O22. The predicted molar refractivity (Wildman–Crippen MR) is 366 cm³/mol. The monoisotopic (exact) mass is 1420 g/mol. The van der Waals surface area contributed by atoms with E-state index >= 15 is 0 Å². The van der Waals surface area contributed by atoms with Gasteiger partial charge < -0.3 is 109 Å². The topological polar surface area (TPSA) is 403 Å². The van der Waals surface area contributed by atoms with Crippen molar-refractivity contribution in [1.29, 1.82) is 0 Å². The Morgan fingerprint density at radius 2 is 0.606 bits per heavy atom. The normalized spacial score (nSPS) is 11.6. The van der Waals surface area contributed by atoms with Crippen LogP contribution in [0.4, 0.5) is 37.0 Å². The first kappa shape index (κ1) is 89.9. The summed E-state index contributed by atoms with van der Waals surface area (Å²) < 4.78 is 72.5. The summed E-state index contributed by atoms with van der Waals surface area (Å²) in [5.74, 6) is -0.418. The molecule has 6 amide bonds. The molecule has 0 bridgehead atoms. The van der Waals surface area contributed by atoms with Crippen molar-refractivity contribution in [3.05, 3.63) is 0 Å². The molecule has 34 heteroatoms. The lowest BCUT2D eigenvalue weighted by atomic mass is 10.2. The first-order valence-electron chi connectivity index (χ1n) is 34.0. The van der Waals surface area contributed by atoms with E-state index in [0.29, 0.717) is 25.9 Å². The lowest BCUT2D eigenvalue weighted by Crippen LogP contribution is -2.38. The predicted octanol–water partition coefficient (Wildman–Crippen LogP) is 4.18. The SMILES string of the molecule is COC(=O)CCNc1nc(N(CCOCCOCCC(=O)CCCNC(=O)OC(C)(C)C)CCOCCOCCC(=O)NCCNC(=O)OC(C)(C)C)nc(N(CCOCCOCCC(=O)CCCNC(=O)OC(C)(C)C)CCOCCOCCC(=O)NCCNC(=O)OC(C)(C)C)n1. The number of aromatic nitrogens is 3. The number of carbonyl (C=O) groups excluding carboxylic acids is 9. The summed E-state index contributed by atoms with van der Waals surface area (Å²) in [4.78, 5) is 128. The van der Waals surface area contributed by atoms with Crippen molar-refractivity contribution in [3.63, 3.8) is 0 Å². The smallest absolute Gasteiger partial charge is 0.407 e. The largest absolute Gasteiger partial charge is 0.469 e. The van der Waals surface area contributed by atoms with E-state index in [9.17, 15) is 43.2 Å². The summed E-state index contributed by atoms with van der Waals surface area (Å²) >= 11 is 0. The second-order valence-electron chi connectivity index (χ2n) is 26.1. The Balaban J connectivity index is 3.22. The van der Waals surface area contributed by atoms with Gasteiger partial charge in [0.15, 0.2) is 0 Å². The summed E-state index contributed by atoms with van der Waals surface area (Å²) in [6.07, 6.45) is -0.230. The summed E-state index contributed by atoms with van der Waals surface area (Å²) in [7, 11) is 1.29. The molecule has 7 N–H and O–H groups in total. The van der Waals surface area contributed by atoms with E-state index in [0.717, 1.165) is 0 Å². The maximum absolute atomic E-state index is 12.5. The van der Waals surface area contributed by atoms with Crippen molar-refractivity contribution >= 4 is 71.6 Å². The van der Waals surface area contributed by atoms with Gasteiger partial charge in [0.1, 0.15) is 34.0 Å². The molecule has 0 fully saturated rings. The van der Waals surface area contributed by atoms with Gasteiger partial charge in [0.05, 0.1) is 119 Å². The van der Waals surface area contributed by atoms with Crippen LogP contribution in [0.5, 0.6) is 0 Å². The second kappa shape index (κ2) is 52.9. The highest BCUT2D eigenvalue weighted by Crippen LogP contribution is 2.18. The number of hydrogen-bond donors (Lipinski definition) is 7. The first-order valence-corrected chi connectivity index (χ1v) is 34.0. The third-order valence-electron chi connectivity index (χ3n) is 12.4. The Morgan fingerprint density at radius 1 is 0.323 bits per heavy atom. The zero-order valence-electron chi connectivity index (χ0n) is 61.2. The Hall–Kier alpha value is -7.08.